The van der Waals surface area contributed by atoms with Crippen molar-refractivity contribution in [1.29, 1.82) is 0 Å². The Morgan fingerprint density at radius 3 is 2.64 bits per heavy atom. The van der Waals surface area contributed by atoms with Crippen LogP contribution in [0.25, 0.3) is 0 Å². The van der Waals surface area contributed by atoms with Crippen molar-refractivity contribution in [3.63, 3.8) is 0 Å². The molecule has 0 aliphatic carbocycles. The molecule has 1 aromatic rings. The summed E-state index contributed by atoms with van der Waals surface area (Å²) in [6.07, 6.45) is 1.16. The second-order valence-electron chi connectivity index (χ2n) is 3.73. The molecule has 14 heavy (non-hydrogen) atoms. The van der Waals surface area contributed by atoms with Crippen molar-refractivity contribution in [2.45, 2.75) is 12.5 Å². The maximum atomic E-state index is 12.7. The fraction of sp³-hybridized carbons (Fsp3) is 0.455. The van der Waals surface area contributed by atoms with E-state index >= 15 is 0 Å². The van der Waals surface area contributed by atoms with Crippen LogP contribution in [0.5, 0.6) is 0 Å². The summed E-state index contributed by atoms with van der Waals surface area (Å²) in [7, 11) is 2.06. The fourth-order valence-electron chi connectivity index (χ4n) is 1.86. The molecule has 0 bridgehead atoms. The Kier molecular flexibility index (Phi) is 2.68. The van der Waals surface area contributed by atoms with Gasteiger partial charge in [0, 0.05) is 25.3 Å². The second kappa shape index (κ2) is 3.96. The maximum Gasteiger partial charge on any atom is 0.123 e. The first-order valence-corrected chi connectivity index (χ1v) is 4.96. The first kappa shape index (κ1) is 9.46. The molecule has 1 N–H and O–H groups in total. The van der Waals surface area contributed by atoms with E-state index < -0.39 is 0 Å². The van der Waals surface area contributed by atoms with Crippen molar-refractivity contribution in [3.8, 4) is 0 Å². The first-order valence-electron chi connectivity index (χ1n) is 4.96. The summed E-state index contributed by atoms with van der Waals surface area (Å²) in [4.78, 5) is 2.21. The smallest absolute Gasteiger partial charge is 0.123 e. The molecule has 1 atom stereocenters. The molecule has 2 nitrogen and oxygen atoms in total. The highest BCUT2D eigenvalue weighted by molar-refractivity contribution is 5.46. The van der Waals surface area contributed by atoms with E-state index in [4.69, 9.17) is 0 Å². The van der Waals surface area contributed by atoms with Crippen molar-refractivity contribution in [2.75, 3.05) is 25.0 Å². The SMILES string of the molecule is CN(c1ccc(F)cc1)C1CCNC1. The van der Waals surface area contributed by atoms with Crippen LogP contribution in [-0.4, -0.2) is 26.2 Å². The fourth-order valence-corrected chi connectivity index (χ4v) is 1.86. The molecular weight excluding hydrogens is 179 g/mol. The Morgan fingerprint density at radius 2 is 2.07 bits per heavy atom. The highest BCUT2D eigenvalue weighted by Crippen LogP contribution is 2.18. The zero-order valence-corrected chi connectivity index (χ0v) is 8.33. The van der Waals surface area contributed by atoms with E-state index in [0.717, 1.165) is 25.2 Å². The predicted molar refractivity (Wildman–Crippen MR) is 56.1 cm³/mol. The average molecular weight is 194 g/mol. The van der Waals surface area contributed by atoms with Gasteiger partial charge in [0.25, 0.3) is 0 Å². The highest BCUT2D eigenvalue weighted by atomic mass is 19.1. The van der Waals surface area contributed by atoms with Crippen molar-refractivity contribution < 1.29 is 4.39 Å². The molecule has 2 rings (SSSR count). The topological polar surface area (TPSA) is 15.3 Å². The normalized spacial score (nSPS) is 21.1. The van der Waals surface area contributed by atoms with Gasteiger partial charge >= 0.3 is 0 Å². The molecule has 1 aliphatic rings. The third-order valence-corrected chi connectivity index (χ3v) is 2.82. The summed E-state index contributed by atoms with van der Waals surface area (Å²) in [5.41, 5.74) is 1.08. The molecule has 0 spiro atoms. The lowest BCUT2D eigenvalue weighted by Gasteiger charge is -2.25. The van der Waals surface area contributed by atoms with Gasteiger partial charge in [-0.15, -0.1) is 0 Å². The first-order chi connectivity index (χ1) is 6.77. The van der Waals surface area contributed by atoms with E-state index in [2.05, 4.69) is 17.3 Å². The van der Waals surface area contributed by atoms with Gasteiger partial charge in [-0.25, -0.2) is 4.39 Å². The lowest BCUT2D eigenvalue weighted by molar-refractivity contribution is 0.626. The number of nitrogens with zero attached hydrogens (tertiary/aromatic N) is 1. The van der Waals surface area contributed by atoms with Gasteiger partial charge in [0.2, 0.25) is 0 Å². The number of likely N-dealkylation sites (N-methyl/N-ethyl adjacent to an activating group) is 1. The summed E-state index contributed by atoms with van der Waals surface area (Å²) in [6, 6.07) is 7.21. The van der Waals surface area contributed by atoms with Gasteiger partial charge in [-0.05, 0) is 37.2 Å². The molecule has 3 heteroatoms. The molecule has 1 aliphatic heterocycles. The van der Waals surface area contributed by atoms with Crippen molar-refractivity contribution in [2.24, 2.45) is 0 Å². The molecule has 0 radical (unpaired) electrons. The number of hydrogen-bond donors (Lipinski definition) is 1. The molecular formula is C11H15FN2. The third-order valence-electron chi connectivity index (χ3n) is 2.82. The lowest BCUT2D eigenvalue weighted by atomic mass is 10.2. The zero-order chi connectivity index (χ0) is 9.97. The molecule has 1 saturated heterocycles. The quantitative estimate of drug-likeness (QED) is 0.769. The summed E-state index contributed by atoms with van der Waals surface area (Å²) < 4.78 is 12.7. The van der Waals surface area contributed by atoms with Crippen molar-refractivity contribution in [3.05, 3.63) is 30.1 Å². The van der Waals surface area contributed by atoms with E-state index in [1.165, 1.54) is 12.1 Å². The predicted octanol–water partition coefficient (Wildman–Crippen LogP) is 1.62. The number of rotatable bonds is 2. The molecule has 0 aromatic heterocycles. The Morgan fingerprint density at radius 1 is 1.36 bits per heavy atom. The van der Waals surface area contributed by atoms with Crippen LogP contribution in [0.1, 0.15) is 6.42 Å². The molecule has 1 fully saturated rings. The monoisotopic (exact) mass is 194 g/mol. The number of halogens is 1. The summed E-state index contributed by atoms with van der Waals surface area (Å²) in [5.74, 6) is -0.174. The van der Waals surface area contributed by atoms with Crippen LogP contribution in [0, 0.1) is 5.82 Å². The molecule has 76 valence electrons. The Labute approximate surface area is 83.7 Å². The van der Waals surface area contributed by atoms with Crippen LogP contribution in [0.3, 0.4) is 0 Å². The Bertz CT molecular complexity index is 291. The number of hydrogen-bond acceptors (Lipinski definition) is 2. The van der Waals surface area contributed by atoms with Crippen LogP contribution in [-0.2, 0) is 0 Å². The summed E-state index contributed by atoms with van der Waals surface area (Å²) in [6.45, 7) is 2.10. The summed E-state index contributed by atoms with van der Waals surface area (Å²) in [5, 5.41) is 3.32. The largest absolute Gasteiger partial charge is 0.370 e. The number of anilines is 1. The molecule has 1 unspecified atom stereocenters. The standard InChI is InChI=1S/C11H15FN2/c1-14(11-6-7-13-8-11)10-4-2-9(12)3-5-10/h2-5,11,13H,6-8H2,1H3. The average Bonchev–Trinajstić information content (AvgIpc) is 2.71. The van der Waals surface area contributed by atoms with Crippen LogP contribution >= 0.6 is 0 Å². The zero-order valence-electron chi connectivity index (χ0n) is 8.33. The van der Waals surface area contributed by atoms with Gasteiger partial charge in [0.1, 0.15) is 5.82 Å². The number of nitrogens with one attached hydrogen (secondary N) is 1. The molecule has 0 saturated carbocycles. The minimum absolute atomic E-state index is 0.174. The lowest BCUT2D eigenvalue weighted by Crippen LogP contribution is -2.33. The van der Waals surface area contributed by atoms with E-state index in [1.807, 2.05) is 12.1 Å². The maximum absolute atomic E-state index is 12.7. The Hall–Kier alpha value is -1.09. The number of benzene rings is 1. The van der Waals surface area contributed by atoms with Gasteiger partial charge in [-0.2, -0.15) is 0 Å². The van der Waals surface area contributed by atoms with Crippen molar-refractivity contribution in [1.82, 2.24) is 5.32 Å². The van der Waals surface area contributed by atoms with Crippen LogP contribution in [0.15, 0.2) is 24.3 Å². The van der Waals surface area contributed by atoms with E-state index in [0.29, 0.717) is 6.04 Å². The second-order valence-corrected chi connectivity index (χ2v) is 3.73. The van der Waals surface area contributed by atoms with Gasteiger partial charge in [-0.3, -0.25) is 0 Å². The third kappa shape index (κ3) is 1.87. The van der Waals surface area contributed by atoms with Crippen molar-refractivity contribution >= 4 is 5.69 Å². The summed E-state index contributed by atoms with van der Waals surface area (Å²) >= 11 is 0. The van der Waals surface area contributed by atoms with Gasteiger partial charge < -0.3 is 10.2 Å². The highest BCUT2D eigenvalue weighted by Gasteiger charge is 2.19. The minimum Gasteiger partial charge on any atom is -0.370 e. The van der Waals surface area contributed by atoms with Crippen LogP contribution < -0.4 is 10.2 Å². The Balaban J connectivity index is 2.09. The molecule has 1 heterocycles. The molecule has 1 aromatic carbocycles. The van der Waals surface area contributed by atoms with E-state index in [-0.39, 0.29) is 5.82 Å². The molecule has 0 amide bonds. The minimum atomic E-state index is -0.174. The van der Waals surface area contributed by atoms with Gasteiger partial charge in [0.15, 0.2) is 0 Å². The van der Waals surface area contributed by atoms with E-state index in [9.17, 15) is 4.39 Å². The van der Waals surface area contributed by atoms with Crippen LogP contribution in [0.2, 0.25) is 0 Å². The van der Waals surface area contributed by atoms with Gasteiger partial charge in [-0.1, -0.05) is 0 Å². The van der Waals surface area contributed by atoms with E-state index in [1.54, 1.807) is 0 Å². The van der Waals surface area contributed by atoms with Gasteiger partial charge in [0.05, 0.1) is 0 Å². The van der Waals surface area contributed by atoms with Crippen LogP contribution in [0.4, 0.5) is 10.1 Å².